The molecule has 0 amide bonds. The van der Waals surface area contributed by atoms with Crippen LogP contribution in [0, 0.1) is 0 Å². The fourth-order valence-electron chi connectivity index (χ4n) is 5.47. The van der Waals surface area contributed by atoms with Crippen LogP contribution in [0.4, 0.5) is 0 Å². The van der Waals surface area contributed by atoms with Crippen molar-refractivity contribution in [2.45, 2.75) is 57.8 Å². The molecule has 1 saturated heterocycles. The molecule has 1 unspecified atom stereocenters. The first-order valence-electron chi connectivity index (χ1n) is 14.0. The van der Waals surface area contributed by atoms with Crippen molar-refractivity contribution in [1.29, 1.82) is 0 Å². The molecular formula is C35H40NOP. The fourth-order valence-corrected chi connectivity index (χ4v) is 6.98. The van der Waals surface area contributed by atoms with Crippen molar-refractivity contribution in [1.82, 2.24) is 4.90 Å². The van der Waals surface area contributed by atoms with Crippen LogP contribution in [-0.2, 0) is 24.7 Å². The van der Waals surface area contributed by atoms with Crippen LogP contribution in [0.25, 0.3) is 0 Å². The van der Waals surface area contributed by atoms with Gasteiger partial charge in [0.15, 0.2) is 0 Å². The molecule has 0 bridgehead atoms. The molecular weight excluding hydrogens is 481 g/mol. The summed E-state index contributed by atoms with van der Waals surface area (Å²) >= 11 is 0. The van der Waals surface area contributed by atoms with E-state index in [9.17, 15) is 0 Å². The molecule has 0 aliphatic carbocycles. The van der Waals surface area contributed by atoms with Gasteiger partial charge in [-0.25, -0.2) is 0 Å². The first-order chi connectivity index (χ1) is 18.6. The minimum absolute atomic E-state index is 0.0588. The SMILES string of the molecule is CC(C)(Pc1ccccc1CN1CCCCC1)c1cccc(Cc2ccccc2)c1OCc1ccccc1. The number of ether oxygens (including phenoxy) is 1. The van der Waals surface area contributed by atoms with E-state index in [1.807, 2.05) is 0 Å². The van der Waals surface area contributed by atoms with E-state index in [1.165, 1.54) is 65.5 Å². The number of piperidine rings is 1. The van der Waals surface area contributed by atoms with Crippen molar-refractivity contribution < 1.29 is 4.74 Å². The summed E-state index contributed by atoms with van der Waals surface area (Å²) < 4.78 is 6.70. The van der Waals surface area contributed by atoms with Crippen LogP contribution in [0.5, 0.6) is 5.75 Å². The van der Waals surface area contributed by atoms with E-state index >= 15 is 0 Å². The Morgan fingerprint density at radius 1 is 0.684 bits per heavy atom. The molecule has 196 valence electrons. The quantitative estimate of drug-likeness (QED) is 0.196. The monoisotopic (exact) mass is 521 g/mol. The Bertz CT molecular complexity index is 1300. The van der Waals surface area contributed by atoms with Gasteiger partial charge in [0.25, 0.3) is 0 Å². The first kappa shape index (κ1) is 26.7. The molecule has 2 nitrogen and oxygen atoms in total. The third-order valence-corrected chi connectivity index (χ3v) is 9.19. The lowest BCUT2D eigenvalue weighted by molar-refractivity contribution is 0.221. The van der Waals surface area contributed by atoms with Gasteiger partial charge in [-0.1, -0.05) is 132 Å². The number of hydrogen-bond donors (Lipinski definition) is 0. The van der Waals surface area contributed by atoms with Crippen LogP contribution in [0.1, 0.15) is 60.9 Å². The lowest BCUT2D eigenvalue weighted by Crippen LogP contribution is -2.31. The molecule has 0 spiro atoms. The molecule has 0 radical (unpaired) electrons. The smallest absolute Gasteiger partial charge is 0.127 e. The van der Waals surface area contributed by atoms with E-state index in [0.717, 1.165) is 18.7 Å². The van der Waals surface area contributed by atoms with Gasteiger partial charge < -0.3 is 4.74 Å². The summed E-state index contributed by atoms with van der Waals surface area (Å²) in [5.74, 6) is 1.05. The average molecular weight is 522 g/mol. The van der Waals surface area contributed by atoms with E-state index in [0.29, 0.717) is 15.2 Å². The Kier molecular flexibility index (Phi) is 8.94. The zero-order chi connectivity index (χ0) is 26.2. The number of nitrogens with zero attached hydrogens (tertiary/aromatic N) is 1. The molecule has 1 atom stereocenters. The van der Waals surface area contributed by atoms with Gasteiger partial charge in [0.2, 0.25) is 0 Å². The number of benzene rings is 4. The summed E-state index contributed by atoms with van der Waals surface area (Å²) in [4.78, 5) is 2.63. The van der Waals surface area contributed by atoms with Crippen LogP contribution in [0.2, 0.25) is 0 Å². The maximum absolute atomic E-state index is 6.70. The van der Waals surface area contributed by atoms with E-state index in [4.69, 9.17) is 4.74 Å². The highest BCUT2D eigenvalue weighted by Crippen LogP contribution is 2.46. The summed E-state index contributed by atoms with van der Waals surface area (Å²) in [7, 11) is 0.653. The Hall–Kier alpha value is -2.93. The maximum atomic E-state index is 6.70. The third-order valence-electron chi connectivity index (χ3n) is 7.54. The molecule has 3 heteroatoms. The molecule has 1 heterocycles. The second kappa shape index (κ2) is 12.7. The topological polar surface area (TPSA) is 12.5 Å². The largest absolute Gasteiger partial charge is 0.488 e. The molecule has 0 saturated carbocycles. The summed E-state index contributed by atoms with van der Waals surface area (Å²) in [6.45, 7) is 8.86. The molecule has 38 heavy (non-hydrogen) atoms. The van der Waals surface area contributed by atoms with Gasteiger partial charge in [-0.15, -0.1) is 0 Å². The van der Waals surface area contributed by atoms with Crippen molar-refractivity contribution in [3.63, 3.8) is 0 Å². The van der Waals surface area contributed by atoms with E-state index in [2.05, 4.69) is 122 Å². The number of hydrogen-bond acceptors (Lipinski definition) is 2. The van der Waals surface area contributed by atoms with Crippen molar-refractivity contribution in [3.8, 4) is 5.75 Å². The summed E-state index contributed by atoms with van der Waals surface area (Å²) in [5, 5.41) is 1.42. The third kappa shape index (κ3) is 6.93. The number of rotatable bonds is 10. The predicted octanol–water partition coefficient (Wildman–Crippen LogP) is 8.08. The second-order valence-corrected chi connectivity index (χ2v) is 13.0. The fraction of sp³-hybridized carbons (Fsp3) is 0.314. The zero-order valence-electron chi connectivity index (χ0n) is 22.8. The summed E-state index contributed by atoms with van der Waals surface area (Å²) in [6.07, 6.45) is 4.89. The van der Waals surface area contributed by atoms with E-state index < -0.39 is 0 Å². The molecule has 5 rings (SSSR count). The highest BCUT2D eigenvalue weighted by Gasteiger charge is 2.28. The average Bonchev–Trinajstić information content (AvgIpc) is 2.95. The molecule has 4 aromatic rings. The van der Waals surface area contributed by atoms with Gasteiger partial charge in [0, 0.05) is 23.7 Å². The highest BCUT2D eigenvalue weighted by molar-refractivity contribution is 7.48. The van der Waals surface area contributed by atoms with Crippen LogP contribution < -0.4 is 10.0 Å². The normalized spacial score (nSPS) is 14.7. The van der Waals surface area contributed by atoms with E-state index in [1.54, 1.807) is 0 Å². The predicted molar refractivity (Wildman–Crippen MR) is 163 cm³/mol. The van der Waals surface area contributed by atoms with Crippen LogP contribution in [0.3, 0.4) is 0 Å². The summed E-state index contributed by atoms with van der Waals surface area (Å²) in [6, 6.07) is 37.1. The zero-order valence-corrected chi connectivity index (χ0v) is 23.8. The van der Waals surface area contributed by atoms with Gasteiger partial charge in [0.1, 0.15) is 12.4 Å². The van der Waals surface area contributed by atoms with Crippen molar-refractivity contribution in [2.24, 2.45) is 0 Å². The molecule has 4 aromatic carbocycles. The Labute approximate surface area is 230 Å². The van der Waals surface area contributed by atoms with E-state index in [-0.39, 0.29) is 5.16 Å². The lowest BCUT2D eigenvalue weighted by atomic mass is 9.95. The molecule has 0 aromatic heterocycles. The van der Waals surface area contributed by atoms with Crippen LogP contribution >= 0.6 is 8.58 Å². The number of likely N-dealkylation sites (tertiary alicyclic amines) is 1. The lowest BCUT2D eigenvalue weighted by Gasteiger charge is -2.31. The Balaban J connectivity index is 1.45. The summed E-state index contributed by atoms with van der Waals surface area (Å²) in [5.41, 5.74) is 6.53. The van der Waals surface area contributed by atoms with Crippen molar-refractivity contribution >= 4 is 13.9 Å². The molecule has 1 fully saturated rings. The molecule has 0 N–H and O–H groups in total. The highest BCUT2D eigenvalue weighted by atomic mass is 31.1. The second-order valence-electron chi connectivity index (χ2n) is 11.0. The van der Waals surface area contributed by atoms with Gasteiger partial charge >= 0.3 is 0 Å². The van der Waals surface area contributed by atoms with Crippen molar-refractivity contribution in [3.05, 3.63) is 131 Å². The minimum Gasteiger partial charge on any atom is -0.488 e. The number of para-hydroxylation sites is 1. The standard InChI is InChI=1S/C35H40NOP/c1-35(2,38-33-22-11-10-19-31(33)26-36-23-12-5-13-24-36)32-21-14-20-30(25-28-15-6-3-7-16-28)34(32)37-27-29-17-8-4-9-18-29/h3-4,6-11,14-22,38H,5,12-13,23-27H2,1-2H3. The Morgan fingerprint density at radius 2 is 1.32 bits per heavy atom. The minimum atomic E-state index is -0.0588. The molecule has 1 aliphatic heterocycles. The van der Waals surface area contributed by atoms with Gasteiger partial charge in [0.05, 0.1) is 0 Å². The Morgan fingerprint density at radius 3 is 2.05 bits per heavy atom. The van der Waals surface area contributed by atoms with Gasteiger partial charge in [-0.05, 0) is 53.5 Å². The van der Waals surface area contributed by atoms with Gasteiger partial charge in [-0.2, -0.15) is 0 Å². The van der Waals surface area contributed by atoms with Crippen molar-refractivity contribution in [2.75, 3.05) is 13.1 Å². The first-order valence-corrected chi connectivity index (χ1v) is 15.0. The van der Waals surface area contributed by atoms with Gasteiger partial charge in [-0.3, -0.25) is 4.90 Å². The maximum Gasteiger partial charge on any atom is 0.127 e. The van der Waals surface area contributed by atoms with Crippen LogP contribution in [-0.4, -0.2) is 18.0 Å². The van der Waals surface area contributed by atoms with Crippen LogP contribution in [0.15, 0.2) is 103 Å². The molecule has 1 aliphatic rings.